The monoisotopic (exact) mass is 397 g/mol. The van der Waals surface area contributed by atoms with Gasteiger partial charge in [-0.25, -0.2) is 8.42 Å². The second-order valence-electron chi connectivity index (χ2n) is 7.54. The summed E-state index contributed by atoms with van der Waals surface area (Å²) in [5.74, 6) is -0.0945. The number of fused-ring (bicyclic) bond motifs is 2. The fraction of sp³-hybridized carbons (Fsp3) is 0.318. The van der Waals surface area contributed by atoms with E-state index in [0.29, 0.717) is 0 Å². The van der Waals surface area contributed by atoms with Crippen LogP contribution in [0.1, 0.15) is 41.6 Å². The lowest BCUT2D eigenvalue weighted by Crippen LogP contribution is -2.28. The Morgan fingerprint density at radius 3 is 2.50 bits per heavy atom. The molecular formula is C22H23NO4S. The second kappa shape index (κ2) is 7.09. The maximum absolute atomic E-state index is 12.5. The van der Waals surface area contributed by atoms with Gasteiger partial charge in [-0.15, -0.1) is 0 Å². The number of furan rings is 1. The second-order valence-corrected chi connectivity index (χ2v) is 9.55. The molecule has 1 aromatic heterocycles. The summed E-state index contributed by atoms with van der Waals surface area (Å²) < 4.78 is 28.8. The van der Waals surface area contributed by atoms with Crippen molar-refractivity contribution in [3.8, 4) is 0 Å². The molecule has 0 fully saturated rings. The molecule has 1 heterocycles. The van der Waals surface area contributed by atoms with Crippen molar-refractivity contribution in [2.45, 2.75) is 43.5 Å². The maximum Gasteiger partial charge on any atom is 0.225 e. The van der Waals surface area contributed by atoms with Gasteiger partial charge in [0.25, 0.3) is 0 Å². The highest BCUT2D eigenvalue weighted by Gasteiger charge is 2.18. The predicted molar refractivity (Wildman–Crippen MR) is 108 cm³/mol. The van der Waals surface area contributed by atoms with Gasteiger partial charge in [0.05, 0.1) is 23.6 Å². The summed E-state index contributed by atoms with van der Waals surface area (Å²) in [5, 5.41) is 3.99. The molecule has 0 saturated heterocycles. The van der Waals surface area contributed by atoms with E-state index in [0.717, 1.165) is 34.9 Å². The van der Waals surface area contributed by atoms with Gasteiger partial charge in [-0.1, -0.05) is 12.1 Å². The first-order valence-electron chi connectivity index (χ1n) is 9.42. The van der Waals surface area contributed by atoms with Crippen LogP contribution in [0.2, 0.25) is 0 Å². The molecule has 1 atom stereocenters. The molecule has 4 rings (SSSR count). The highest BCUT2D eigenvalue weighted by Crippen LogP contribution is 2.30. The van der Waals surface area contributed by atoms with Crippen LogP contribution in [0.4, 0.5) is 0 Å². The lowest BCUT2D eigenvalue weighted by Gasteiger charge is -2.14. The number of aryl methyl sites for hydroxylation is 2. The Bertz CT molecular complexity index is 1140. The molecule has 1 aliphatic carbocycles. The number of benzene rings is 2. The maximum atomic E-state index is 12.5. The van der Waals surface area contributed by atoms with Crippen LogP contribution in [0.25, 0.3) is 11.0 Å². The molecule has 0 saturated carbocycles. The van der Waals surface area contributed by atoms with Crippen molar-refractivity contribution >= 4 is 26.7 Å². The standard InChI is InChI=1S/C22H23NO4S/c1-14(15-6-8-19(9-7-15)28(2,25)26)23-22(24)12-18-13-27-21-11-17-5-3-4-16(17)10-20(18)21/h6-11,13-14H,3-5,12H2,1-2H3,(H,23,24). The number of carbonyl (C=O) groups is 1. The number of amides is 1. The van der Waals surface area contributed by atoms with Crippen LogP contribution in [-0.2, 0) is 33.9 Å². The van der Waals surface area contributed by atoms with Crippen LogP contribution in [-0.4, -0.2) is 20.6 Å². The summed E-state index contributed by atoms with van der Waals surface area (Å²) in [6.45, 7) is 1.88. The SMILES string of the molecule is CC(NC(=O)Cc1coc2cc3c(cc12)CCC3)c1ccc(S(C)(=O)=O)cc1. The summed E-state index contributed by atoms with van der Waals surface area (Å²) in [6, 6.07) is 10.6. The Balaban J connectivity index is 1.46. The average molecular weight is 397 g/mol. The highest BCUT2D eigenvalue weighted by atomic mass is 32.2. The van der Waals surface area contributed by atoms with E-state index in [-0.39, 0.29) is 23.3 Å². The molecule has 0 aliphatic heterocycles. The third-order valence-electron chi connectivity index (χ3n) is 5.40. The van der Waals surface area contributed by atoms with Gasteiger partial charge in [0, 0.05) is 17.2 Å². The third kappa shape index (κ3) is 3.69. The van der Waals surface area contributed by atoms with Crippen molar-refractivity contribution in [3.05, 3.63) is 64.9 Å². The van der Waals surface area contributed by atoms with Gasteiger partial charge in [0.2, 0.25) is 5.91 Å². The number of carbonyl (C=O) groups excluding carboxylic acids is 1. The highest BCUT2D eigenvalue weighted by molar-refractivity contribution is 7.90. The van der Waals surface area contributed by atoms with E-state index in [4.69, 9.17) is 4.42 Å². The van der Waals surface area contributed by atoms with Crippen molar-refractivity contribution in [2.24, 2.45) is 0 Å². The smallest absolute Gasteiger partial charge is 0.225 e. The molecular weight excluding hydrogens is 374 g/mol. The van der Waals surface area contributed by atoms with Crippen molar-refractivity contribution in [1.82, 2.24) is 5.32 Å². The summed E-state index contributed by atoms with van der Waals surface area (Å²) >= 11 is 0. The van der Waals surface area contributed by atoms with Gasteiger partial charge >= 0.3 is 0 Å². The van der Waals surface area contributed by atoms with E-state index in [1.54, 1.807) is 30.5 Å². The van der Waals surface area contributed by atoms with Gasteiger partial charge < -0.3 is 9.73 Å². The molecule has 146 valence electrons. The van der Waals surface area contributed by atoms with Gasteiger partial charge in [-0.2, -0.15) is 0 Å². The summed E-state index contributed by atoms with van der Waals surface area (Å²) in [4.78, 5) is 12.8. The van der Waals surface area contributed by atoms with Crippen molar-refractivity contribution in [3.63, 3.8) is 0 Å². The Morgan fingerprint density at radius 1 is 1.14 bits per heavy atom. The molecule has 0 spiro atoms. The summed E-state index contributed by atoms with van der Waals surface area (Å²) in [5.41, 5.74) is 5.30. The first-order chi connectivity index (χ1) is 13.3. The molecule has 1 unspecified atom stereocenters. The van der Waals surface area contributed by atoms with Crippen LogP contribution < -0.4 is 5.32 Å². The van der Waals surface area contributed by atoms with E-state index in [2.05, 4.69) is 17.4 Å². The van der Waals surface area contributed by atoms with Crippen molar-refractivity contribution in [2.75, 3.05) is 6.26 Å². The molecule has 3 aromatic rings. The minimum Gasteiger partial charge on any atom is -0.464 e. The van der Waals surface area contributed by atoms with Crippen LogP contribution in [0.3, 0.4) is 0 Å². The zero-order chi connectivity index (χ0) is 19.9. The molecule has 0 bridgehead atoms. The fourth-order valence-electron chi connectivity index (χ4n) is 3.84. The third-order valence-corrected chi connectivity index (χ3v) is 6.53. The fourth-order valence-corrected chi connectivity index (χ4v) is 4.47. The minimum atomic E-state index is -3.23. The molecule has 6 heteroatoms. The van der Waals surface area contributed by atoms with Crippen molar-refractivity contribution in [1.29, 1.82) is 0 Å². The Morgan fingerprint density at radius 2 is 1.82 bits per heavy atom. The van der Waals surface area contributed by atoms with Crippen LogP contribution >= 0.6 is 0 Å². The summed E-state index contributed by atoms with van der Waals surface area (Å²) in [6.07, 6.45) is 6.45. The lowest BCUT2D eigenvalue weighted by molar-refractivity contribution is -0.121. The molecule has 5 nitrogen and oxygen atoms in total. The largest absolute Gasteiger partial charge is 0.464 e. The molecule has 28 heavy (non-hydrogen) atoms. The van der Waals surface area contributed by atoms with Crippen LogP contribution in [0.15, 0.2) is 52.0 Å². The van der Waals surface area contributed by atoms with E-state index >= 15 is 0 Å². The average Bonchev–Trinajstić information content (AvgIpc) is 3.25. The lowest BCUT2D eigenvalue weighted by atomic mass is 10.0. The first-order valence-corrected chi connectivity index (χ1v) is 11.3. The number of nitrogens with one attached hydrogen (secondary N) is 1. The Labute approximate surface area is 164 Å². The Hall–Kier alpha value is -2.60. The molecule has 2 aromatic carbocycles. The number of sulfone groups is 1. The number of rotatable bonds is 5. The van der Waals surface area contributed by atoms with Crippen LogP contribution in [0, 0.1) is 0 Å². The van der Waals surface area contributed by atoms with E-state index in [9.17, 15) is 13.2 Å². The molecule has 1 N–H and O–H groups in total. The first kappa shape index (κ1) is 18.7. The van der Waals surface area contributed by atoms with Crippen LogP contribution in [0.5, 0.6) is 0 Å². The van der Waals surface area contributed by atoms with Gasteiger partial charge in [-0.05, 0) is 67.1 Å². The van der Waals surface area contributed by atoms with E-state index in [1.165, 1.54) is 23.8 Å². The number of hydrogen-bond acceptors (Lipinski definition) is 4. The molecule has 0 radical (unpaired) electrons. The van der Waals surface area contributed by atoms with Crippen molar-refractivity contribution < 1.29 is 17.6 Å². The topological polar surface area (TPSA) is 76.4 Å². The van der Waals surface area contributed by atoms with Gasteiger partial charge in [0.1, 0.15) is 5.58 Å². The number of hydrogen-bond donors (Lipinski definition) is 1. The molecule has 1 aliphatic rings. The van der Waals surface area contributed by atoms with E-state index < -0.39 is 9.84 Å². The molecule has 1 amide bonds. The zero-order valence-electron chi connectivity index (χ0n) is 16.0. The summed E-state index contributed by atoms with van der Waals surface area (Å²) in [7, 11) is -3.23. The Kier molecular flexibility index (Phi) is 4.75. The quantitative estimate of drug-likeness (QED) is 0.711. The predicted octanol–water partition coefficient (Wildman–Crippen LogP) is 3.74. The van der Waals surface area contributed by atoms with E-state index in [1.807, 2.05) is 6.92 Å². The minimum absolute atomic E-state index is 0.0945. The normalized spacial score (nSPS) is 14.8. The van der Waals surface area contributed by atoms with Gasteiger partial charge in [0.15, 0.2) is 9.84 Å². The zero-order valence-corrected chi connectivity index (χ0v) is 16.8. The van der Waals surface area contributed by atoms with Gasteiger partial charge in [-0.3, -0.25) is 4.79 Å².